The summed E-state index contributed by atoms with van der Waals surface area (Å²) in [5.74, 6) is 0. The molecular formula is C19H15N3OS2. The van der Waals surface area contributed by atoms with E-state index in [9.17, 15) is 4.79 Å². The van der Waals surface area contributed by atoms with E-state index in [1.54, 1.807) is 17.6 Å². The van der Waals surface area contributed by atoms with Crippen LogP contribution in [0.5, 0.6) is 0 Å². The second kappa shape index (κ2) is 6.38. The summed E-state index contributed by atoms with van der Waals surface area (Å²) in [7, 11) is 0. The molecule has 0 N–H and O–H groups in total. The molecule has 0 aliphatic carbocycles. The third-order valence-corrected chi connectivity index (χ3v) is 5.80. The molecule has 4 aromatic rings. The molecule has 4 nitrogen and oxygen atoms in total. The molecule has 0 unspecified atom stereocenters. The van der Waals surface area contributed by atoms with Gasteiger partial charge in [0.2, 0.25) is 0 Å². The number of hydrogen-bond acceptors (Lipinski definition) is 5. The van der Waals surface area contributed by atoms with Crippen LogP contribution in [0, 0.1) is 13.8 Å². The van der Waals surface area contributed by atoms with Gasteiger partial charge >= 0.3 is 0 Å². The van der Waals surface area contributed by atoms with Crippen molar-refractivity contribution in [2.45, 2.75) is 13.8 Å². The molecule has 0 bridgehead atoms. The van der Waals surface area contributed by atoms with Crippen molar-refractivity contribution in [3.63, 3.8) is 0 Å². The Morgan fingerprint density at radius 2 is 2.08 bits per heavy atom. The Morgan fingerprint density at radius 3 is 2.84 bits per heavy atom. The maximum Gasteiger partial charge on any atom is 0.283 e. The summed E-state index contributed by atoms with van der Waals surface area (Å²) < 4.78 is 1.31. The molecule has 0 saturated heterocycles. The van der Waals surface area contributed by atoms with E-state index >= 15 is 0 Å². The first kappa shape index (κ1) is 15.9. The summed E-state index contributed by atoms with van der Waals surface area (Å²) in [5, 5.41) is 8.97. The number of benzene rings is 1. The number of thiophene rings is 2. The van der Waals surface area contributed by atoms with E-state index in [0.29, 0.717) is 5.39 Å². The summed E-state index contributed by atoms with van der Waals surface area (Å²) >= 11 is 3.10. The highest BCUT2D eigenvalue weighted by atomic mass is 32.1. The zero-order chi connectivity index (χ0) is 17.4. The Balaban J connectivity index is 1.81. The Kier molecular flexibility index (Phi) is 4.07. The van der Waals surface area contributed by atoms with Gasteiger partial charge < -0.3 is 0 Å². The molecule has 0 atom stereocenters. The van der Waals surface area contributed by atoms with Crippen LogP contribution in [-0.2, 0) is 0 Å². The lowest BCUT2D eigenvalue weighted by Gasteiger charge is -2.02. The summed E-state index contributed by atoms with van der Waals surface area (Å²) in [5.41, 5.74) is 4.11. The fourth-order valence-corrected chi connectivity index (χ4v) is 4.43. The molecule has 124 valence electrons. The number of nitrogens with zero attached hydrogens (tertiary/aromatic N) is 3. The van der Waals surface area contributed by atoms with E-state index in [1.807, 2.05) is 41.9 Å². The molecule has 25 heavy (non-hydrogen) atoms. The normalized spacial score (nSPS) is 11.6. The minimum Gasteiger partial charge on any atom is -0.267 e. The molecule has 0 amide bonds. The molecule has 4 rings (SSSR count). The van der Waals surface area contributed by atoms with Crippen molar-refractivity contribution in [2.24, 2.45) is 5.10 Å². The van der Waals surface area contributed by atoms with Crippen molar-refractivity contribution in [2.75, 3.05) is 0 Å². The van der Waals surface area contributed by atoms with E-state index < -0.39 is 0 Å². The second-order valence-electron chi connectivity index (χ2n) is 5.81. The highest BCUT2D eigenvalue weighted by molar-refractivity contribution is 7.18. The van der Waals surface area contributed by atoms with Crippen molar-refractivity contribution >= 4 is 39.1 Å². The van der Waals surface area contributed by atoms with Crippen LogP contribution in [0.15, 0.2) is 57.3 Å². The molecule has 3 heterocycles. The average Bonchev–Trinajstić information content (AvgIpc) is 3.24. The van der Waals surface area contributed by atoms with Gasteiger partial charge in [0.1, 0.15) is 11.2 Å². The fourth-order valence-electron chi connectivity index (χ4n) is 2.71. The van der Waals surface area contributed by atoms with Gasteiger partial charge in [-0.3, -0.25) is 4.79 Å². The predicted octanol–water partition coefficient (Wildman–Crippen LogP) is 4.69. The lowest BCUT2D eigenvalue weighted by molar-refractivity contribution is 0.819. The first-order valence-electron chi connectivity index (χ1n) is 7.78. The van der Waals surface area contributed by atoms with Gasteiger partial charge in [-0.1, -0.05) is 29.8 Å². The van der Waals surface area contributed by atoms with E-state index in [-0.39, 0.29) is 5.56 Å². The zero-order valence-electron chi connectivity index (χ0n) is 13.8. The van der Waals surface area contributed by atoms with Crippen LogP contribution < -0.4 is 5.56 Å². The lowest BCUT2D eigenvalue weighted by atomic mass is 10.1. The standard InChI is InChI=1S/C19H15N3OS2/c1-12-5-6-14(13(2)8-12)9-21-22-11-20-18-17(19(22)23)15(10-25-18)16-4-3-7-24-16/h3-11H,1-2H3/b21-9-. The van der Waals surface area contributed by atoms with E-state index in [0.717, 1.165) is 26.4 Å². The highest BCUT2D eigenvalue weighted by Gasteiger charge is 2.13. The van der Waals surface area contributed by atoms with E-state index in [4.69, 9.17) is 0 Å². The van der Waals surface area contributed by atoms with E-state index in [1.165, 1.54) is 27.9 Å². The molecule has 3 aromatic heterocycles. The number of rotatable bonds is 3. The maximum absolute atomic E-state index is 12.9. The van der Waals surface area contributed by atoms with Crippen LogP contribution in [0.3, 0.4) is 0 Å². The van der Waals surface area contributed by atoms with Crippen LogP contribution in [0.2, 0.25) is 0 Å². The number of aryl methyl sites for hydroxylation is 2. The third kappa shape index (κ3) is 2.94. The van der Waals surface area contributed by atoms with Crippen molar-refractivity contribution in [1.29, 1.82) is 0 Å². The van der Waals surface area contributed by atoms with Gasteiger partial charge in [-0.15, -0.1) is 22.7 Å². The lowest BCUT2D eigenvalue weighted by Crippen LogP contribution is -2.16. The number of aromatic nitrogens is 2. The second-order valence-corrected chi connectivity index (χ2v) is 7.61. The summed E-state index contributed by atoms with van der Waals surface area (Å²) in [4.78, 5) is 19.1. The first-order valence-corrected chi connectivity index (χ1v) is 9.54. The van der Waals surface area contributed by atoms with Gasteiger partial charge in [0.05, 0.1) is 11.6 Å². The van der Waals surface area contributed by atoms with Gasteiger partial charge in [0.25, 0.3) is 5.56 Å². The minimum absolute atomic E-state index is 0.143. The van der Waals surface area contributed by atoms with Crippen molar-refractivity contribution in [1.82, 2.24) is 9.66 Å². The van der Waals surface area contributed by atoms with Crippen LogP contribution >= 0.6 is 22.7 Å². The van der Waals surface area contributed by atoms with Crippen LogP contribution in [0.1, 0.15) is 16.7 Å². The molecule has 0 radical (unpaired) electrons. The summed E-state index contributed by atoms with van der Waals surface area (Å²) in [6.45, 7) is 4.09. The molecule has 0 aliphatic rings. The van der Waals surface area contributed by atoms with Crippen molar-refractivity contribution in [3.8, 4) is 10.4 Å². The SMILES string of the molecule is Cc1ccc(/C=N\n2cnc3scc(-c4cccs4)c3c2=O)c(C)c1. The molecule has 6 heteroatoms. The Hall–Kier alpha value is -2.57. The summed E-state index contributed by atoms with van der Waals surface area (Å²) in [6, 6.07) is 10.1. The number of hydrogen-bond donors (Lipinski definition) is 0. The smallest absolute Gasteiger partial charge is 0.267 e. The molecule has 0 fully saturated rings. The molecule has 0 saturated carbocycles. The largest absolute Gasteiger partial charge is 0.283 e. The molecule has 1 aromatic carbocycles. The molecule has 0 spiro atoms. The van der Waals surface area contributed by atoms with Crippen molar-refractivity contribution < 1.29 is 0 Å². The molecular weight excluding hydrogens is 350 g/mol. The van der Waals surface area contributed by atoms with E-state index in [2.05, 4.69) is 23.1 Å². The maximum atomic E-state index is 12.9. The Labute approximate surface area is 152 Å². The minimum atomic E-state index is -0.143. The number of fused-ring (bicyclic) bond motifs is 1. The first-order chi connectivity index (χ1) is 12.1. The van der Waals surface area contributed by atoms with Crippen LogP contribution in [0.25, 0.3) is 20.7 Å². The van der Waals surface area contributed by atoms with Gasteiger partial charge in [-0.25, -0.2) is 4.98 Å². The summed E-state index contributed by atoms with van der Waals surface area (Å²) in [6.07, 6.45) is 3.19. The van der Waals surface area contributed by atoms with Crippen LogP contribution in [0.4, 0.5) is 0 Å². The topological polar surface area (TPSA) is 47.2 Å². The quantitative estimate of drug-likeness (QED) is 0.495. The monoisotopic (exact) mass is 365 g/mol. The van der Waals surface area contributed by atoms with Crippen molar-refractivity contribution in [3.05, 3.63) is 74.5 Å². The fraction of sp³-hybridized carbons (Fsp3) is 0.105. The van der Waals surface area contributed by atoms with Crippen LogP contribution in [-0.4, -0.2) is 15.9 Å². The van der Waals surface area contributed by atoms with Gasteiger partial charge in [-0.2, -0.15) is 9.78 Å². The predicted molar refractivity (Wildman–Crippen MR) is 106 cm³/mol. The zero-order valence-corrected chi connectivity index (χ0v) is 15.4. The van der Waals surface area contributed by atoms with Gasteiger partial charge in [0.15, 0.2) is 0 Å². The highest BCUT2D eigenvalue weighted by Crippen LogP contribution is 2.33. The molecule has 0 aliphatic heterocycles. The average molecular weight is 365 g/mol. The van der Waals surface area contributed by atoms with Gasteiger partial charge in [0, 0.05) is 15.8 Å². The third-order valence-electron chi connectivity index (χ3n) is 4.01. The Bertz CT molecular complexity index is 1140. The van der Waals surface area contributed by atoms with Gasteiger partial charge in [-0.05, 0) is 36.4 Å². The Morgan fingerprint density at radius 1 is 1.20 bits per heavy atom.